The molecule has 2 rings (SSSR count). The second-order valence-electron chi connectivity index (χ2n) is 3.73. The molecule has 0 spiro atoms. The summed E-state index contributed by atoms with van der Waals surface area (Å²) in [6.07, 6.45) is 2.18. The fourth-order valence-electron chi connectivity index (χ4n) is 1.72. The first-order valence-corrected chi connectivity index (χ1v) is 5.65. The topological polar surface area (TPSA) is 33.3 Å². The molecule has 1 aliphatic rings. The van der Waals surface area contributed by atoms with Gasteiger partial charge in [0, 0.05) is 13.1 Å². The molecule has 0 unspecified atom stereocenters. The quantitative estimate of drug-likeness (QED) is 0.797. The van der Waals surface area contributed by atoms with Gasteiger partial charge in [0.1, 0.15) is 11.4 Å². The summed E-state index contributed by atoms with van der Waals surface area (Å²) in [4.78, 5) is 0. The number of ether oxygens (including phenoxy) is 1. The molecule has 0 saturated heterocycles. The van der Waals surface area contributed by atoms with E-state index in [0.717, 1.165) is 49.7 Å². The van der Waals surface area contributed by atoms with Crippen LogP contribution in [0.2, 0.25) is 0 Å². The molecule has 82 valence electrons. The minimum atomic E-state index is 0.776. The number of anilines is 2. The van der Waals surface area contributed by atoms with Crippen molar-refractivity contribution in [1.29, 1.82) is 0 Å². The molecular weight excluding hydrogens is 188 g/mol. The molecule has 0 saturated carbocycles. The van der Waals surface area contributed by atoms with Gasteiger partial charge in [0.05, 0.1) is 12.3 Å². The van der Waals surface area contributed by atoms with Crippen LogP contribution >= 0.6 is 0 Å². The lowest BCUT2D eigenvalue weighted by molar-refractivity contribution is 0.319. The molecule has 1 aliphatic heterocycles. The minimum absolute atomic E-state index is 0.776. The molecule has 1 aromatic rings. The van der Waals surface area contributed by atoms with E-state index in [0.29, 0.717) is 0 Å². The fraction of sp³-hybridized carbons (Fsp3) is 0.500. The predicted octanol–water partition coefficient (Wildman–Crippen LogP) is 2.70. The van der Waals surface area contributed by atoms with Crippen molar-refractivity contribution < 1.29 is 4.74 Å². The summed E-state index contributed by atoms with van der Waals surface area (Å²) in [5, 5.41) is 6.81. The highest BCUT2D eigenvalue weighted by molar-refractivity contribution is 5.76. The van der Waals surface area contributed by atoms with Gasteiger partial charge in [0.15, 0.2) is 0 Å². The second kappa shape index (κ2) is 4.91. The van der Waals surface area contributed by atoms with Gasteiger partial charge < -0.3 is 15.4 Å². The van der Waals surface area contributed by atoms with Gasteiger partial charge in [-0.15, -0.1) is 0 Å². The van der Waals surface area contributed by atoms with Crippen LogP contribution in [0.25, 0.3) is 0 Å². The highest BCUT2D eigenvalue weighted by Gasteiger charge is 2.11. The van der Waals surface area contributed by atoms with Crippen molar-refractivity contribution in [2.24, 2.45) is 0 Å². The highest BCUT2D eigenvalue weighted by Crippen LogP contribution is 2.33. The third-order valence-corrected chi connectivity index (χ3v) is 2.46. The monoisotopic (exact) mass is 206 g/mol. The Labute approximate surface area is 90.8 Å². The Morgan fingerprint density at radius 2 is 2.13 bits per heavy atom. The molecule has 2 N–H and O–H groups in total. The predicted molar refractivity (Wildman–Crippen MR) is 63.8 cm³/mol. The van der Waals surface area contributed by atoms with Crippen molar-refractivity contribution in [3.8, 4) is 5.75 Å². The molecule has 3 heteroatoms. The molecule has 0 atom stereocenters. The molecule has 3 nitrogen and oxygen atoms in total. The molecule has 0 amide bonds. The highest BCUT2D eigenvalue weighted by atomic mass is 16.5. The summed E-state index contributed by atoms with van der Waals surface area (Å²) in [5.74, 6) is 0.962. The number of fused-ring (bicyclic) bond motifs is 1. The summed E-state index contributed by atoms with van der Waals surface area (Å²) >= 11 is 0. The van der Waals surface area contributed by atoms with Crippen molar-refractivity contribution in [2.75, 3.05) is 30.3 Å². The Bertz CT molecular complexity index is 325. The SMILES string of the molecule is CCCOc1cccc2c1NCCCN2. The standard InChI is InChI=1S/C12H18N2O/c1-2-9-15-11-6-3-5-10-12(11)14-8-4-7-13-10/h3,5-6,13-14H,2,4,7-9H2,1H3. The molecule has 1 heterocycles. The lowest BCUT2D eigenvalue weighted by atomic mass is 10.2. The fourth-order valence-corrected chi connectivity index (χ4v) is 1.72. The van der Waals surface area contributed by atoms with Crippen molar-refractivity contribution in [3.63, 3.8) is 0 Å². The van der Waals surface area contributed by atoms with Crippen molar-refractivity contribution in [3.05, 3.63) is 18.2 Å². The second-order valence-corrected chi connectivity index (χ2v) is 3.73. The summed E-state index contributed by atoms with van der Waals surface area (Å²) in [7, 11) is 0. The van der Waals surface area contributed by atoms with Gasteiger partial charge >= 0.3 is 0 Å². The maximum atomic E-state index is 5.71. The molecule has 1 aromatic carbocycles. The van der Waals surface area contributed by atoms with E-state index in [9.17, 15) is 0 Å². The zero-order valence-electron chi connectivity index (χ0n) is 9.18. The van der Waals surface area contributed by atoms with E-state index in [4.69, 9.17) is 4.74 Å². The number of rotatable bonds is 3. The number of hydrogen-bond donors (Lipinski definition) is 2. The molecule has 0 aliphatic carbocycles. The molecule has 15 heavy (non-hydrogen) atoms. The Kier molecular flexibility index (Phi) is 3.33. The summed E-state index contributed by atoms with van der Waals surface area (Å²) < 4.78 is 5.71. The summed E-state index contributed by atoms with van der Waals surface area (Å²) in [6, 6.07) is 6.14. The van der Waals surface area contributed by atoms with Crippen LogP contribution in [0.3, 0.4) is 0 Å². The maximum absolute atomic E-state index is 5.71. The van der Waals surface area contributed by atoms with Gasteiger partial charge in [0.2, 0.25) is 0 Å². The van der Waals surface area contributed by atoms with Gasteiger partial charge in [0.25, 0.3) is 0 Å². The largest absolute Gasteiger partial charge is 0.491 e. The normalized spacial score (nSPS) is 14.5. The number of hydrogen-bond acceptors (Lipinski definition) is 3. The van der Waals surface area contributed by atoms with Gasteiger partial charge in [-0.3, -0.25) is 0 Å². The Balaban J connectivity index is 2.22. The maximum Gasteiger partial charge on any atom is 0.144 e. The van der Waals surface area contributed by atoms with E-state index >= 15 is 0 Å². The minimum Gasteiger partial charge on any atom is -0.491 e. The first kappa shape index (κ1) is 10.1. The van der Waals surface area contributed by atoms with Crippen LogP contribution in [0.15, 0.2) is 18.2 Å². The van der Waals surface area contributed by atoms with Crippen LogP contribution in [0.1, 0.15) is 19.8 Å². The third kappa shape index (κ3) is 2.35. The molecule has 0 fully saturated rings. The van der Waals surface area contributed by atoms with E-state index in [1.807, 2.05) is 12.1 Å². The van der Waals surface area contributed by atoms with E-state index in [1.54, 1.807) is 0 Å². The molecule has 0 aromatic heterocycles. The number of nitrogens with one attached hydrogen (secondary N) is 2. The number of benzene rings is 1. The average Bonchev–Trinajstić information content (AvgIpc) is 2.51. The summed E-state index contributed by atoms with van der Waals surface area (Å²) in [5.41, 5.74) is 2.27. The Morgan fingerprint density at radius 1 is 1.27 bits per heavy atom. The molecular formula is C12H18N2O. The van der Waals surface area contributed by atoms with Crippen molar-refractivity contribution >= 4 is 11.4 Å². The first-order chi connectivity index (χ1) is 7.42. The van der Waals surface area contributed by atoms with Gasteiger partial charge in [-0.1, -0.05) is 13.0 Å². The van der Waals surface area contributed by atoms with E-state index in [-0.39, 0.29) is 0 Å². The zero-order valence-corrected chi connectivity index (χ0v) is 9.18. The Hall–Kier alpha value is -1.38. The van der Waals surface area contributed by atoms with Crippen molar-refractivity contribution in [2.45, 2.75) is 19.8 Å². The van der Waals surface area contributed by atoms with Gasteiger partial charge in [-0.25, -0.2) is 0 Å². The van der Waals surface area contributed by atoms with E-state index in [1.165, 1.54) is 0 Å². The van der Waals surface area contributed by atoms with Gasteiger partial charge in [-0.05, 0) is 25.0 Å². The lowest BCUT2D eigenvalue weighted by Gasteiger charge is -2.14. The average molecular weight is 206 g/mol. The van der Waals surface area contributed by atoms with Crippen LogP contribution < -0.4 is 15.4 Å². The third-order valence-electron chi connectivity index (χ3n) is 2.46. The van der Waals surface area contributed by atoms with Crippen LogP contribution in [0.4, 0.5) is 11.4 Å². The van der Waals surface area contributed by atoms with Crippen LogP contribution in [0.5, 0.6) is 5.75 Å². The zero-order chi connectivity index (χ0) is 10.5. The Morgan fingerprint density at radius 3 is 3.00 bits per heavy atom. The molecule has 0 bridgehead atoms. The van der Waals surface area contributed by atoms with Crippen LogP contribution in [-0.2, 0) is 0 Å². The first-order valence-electron chi connectivity index (χ1n) is 5.65. The van der Waals surface area contributed by atoms with Gasteiger partial charge in [-0.2, -0.15) is 0 Å². The number of para-hydroxylation sites is 1. The van der Waals surface area contributed by atoms with Crippen LogP contribution in [0, 0.1) is 0 Å². The smallest absolute Gasteiger partial charge is 0.144 e. The molecule has 0 radical (unpaired) electrons. The summed E-state index contributed by atoms with van der Waals surface area (Å²) in [6.45, 7) is 4.93. The van der Waals surface area contributed by atoms with E-state index in [2.05, 4.69) is 23.6 Å². The van der Waals surface area contributed by atoms with Crippen molar-refractivity contribution in [1.82, 2.24) is 0 Å². The lowest BCUT2D eigenvalue weighted by Crippen LogP contribution is -2.03. The van der Waals surface area contributed by atoms with E-state index < -0.39 is 0 Å². The van der Waals surface area contributed by atoms with Crippen LogP contribution in [-0.4, -0.2) is 19.7 Å².